The molecule has 0 radical (unpaired) electrons. The van der Waals surface area contributed by atoms with Gasteiger partial charge in [-0.3, -0.25) is 10.1 Å². The molecular formula is C11H16N2O4. The molecule has 0 aromatic heterocycles. The summed E-state index contributed by atoms with van der Waals surface area (Å²) in [4.78, 5) is 10.3. The van der Waals surface area contributed by atoms with Gasteiger partial charge in [-0.1, -0.05) is 0 Å². The van der Waals surface area contributed by atoms with Gasteiger partial charge in [-0.05, 0) is 0 Å². The predicted molar refractivity (Wildman–Crippen MR) is 64.6 cm³/mol. The molecule has 0 aliphatic rings. The van der Waals surface area contributed by atoms with Crippen molar-refractivity contribution >= 4 is 11.4 Å². The first-order chi connectivity index (χ1) is 8.17. The van der Waals surface area contributed by atoms with E-state index < -0.39 is 4.92 Å². The Bertz CT molecular complexity index is 382. The van der Waals surface area contributed by atoms with E-state index in [9.17, 15) is 10.1 Å². The molecule has 94 valence electrons. The van der Waals surface area contributed by atoms with Crippen LogP contribution in [0.2, 0.25) is 0 Å². The number of nitro benzene ring substituents is 1. The van der Waals surface area contributed by atoms with E-state index in [2.05, 4.69) is 5.32 Å². The molecule has 0 saturated carbocycles. The lowest BCUT2D eigenvalue weighted by atomic mass is 10.2. The van der Waals surface area contributed by atoms with Crippen LogP contribution >= 0.6 is 0 Å². The van der Waals surface area contributed by atoms with Crippen LogP contribution in [0.5, 0.6) is 5.75 Å². The molecule has 0 spiro atoms. The molecule has 1 aromatic rings. The van der Waals surface area contributed by atoms with Crippen molar-refractivity contribution in [2.45, 2.75) is 6.42 Å². The highest BCUT2D eigenvalue weighted by Gasteiger charge is 2.09. The Morgan fingerprint density at radius 1 is 1.35 bits per heavy atom. The SMILES string of the molecule is CNc1cc(OCCCOC)cc([N+](=O)[O-])c1. The summed E-state index contributed by atoms with van der Waals surface area (Å²) in [5.74, 6) is 0.486. The number of rotatable bonds is 7. The van der Waals surface area contributed by atoms with Gasteiger partial charge in [0.1, 0.15) is 5.75 Å². The molecular weight excluding hydrogens is 224 g/mol. The third-order valence-corrected chi connectivity index (χ3v) is 2.15. The van der Waals surface area contributed by atoms with E-state index in [0.29, 0.717) is 24.7 Å². The van der Waals surface area contributed by atoms with Crippen LogP contribution in [0.3, 0.4) is 0 Å². The Morgan fingerprint density at radius 2 is 2.12 bits per heavy atom. The molecule has 1 N–H and O–H groups in total. The van der Waals surface area contributed by atoms with Crippen LogP contribution in [-0.2, 0) is 4.74 Å². The van der Waals surface area contributed by atoms with Crippen LogP contribution in [0.25, 0.3) is 0 Å². The van der Waals surface area contributed by atoms with E-state index in [1.165, 1.54) is 12.1 Å². The minimum Gasteiger partial charge on any atom is -0.493 e. The zero-order valence-corrected chi connectivity index (χ0v) is 9.93. The van der Waals surface area contributed by atoms with Crippen molar-refractivity contribution in [2.75, 3.05) is 32.7 Å². The second-order valence-electron chi connectivity index (χ2n) is 3.42. The second kappa shape index (κ2) is 6.70. The quantitative estimate of drug-likeness (QED) is 0.448. The molecule has 1 rings (SSSR count). The number of non-ortho nitro benzene ring substituents is 1. The maximum Gasteiger partial charge on any atom is 0.275 e. The third kappa shape index (κ3) is 4.28. The minimum absolute atomic E-state index is 0.0126. The highest BCUT2D eigenvalue weighted by Crippen LogP contribution is 2.25. The maximum atomic E-state index is 10.7. The van der Waals surface area contributed by atoms with E-state index in [0.717, 1.165) is 6.42 Å². The maximum absolute atomic E-state index is 10.7. The van der Waals surface area contributed by atoms with Gasteiger partial charge in [0, 0.05) is 45.0 Å². The molecule has 6 nitrogen and oxygen atoms in total. The van der Waals surface area contributed by atoms with Gasteiger partial charge in [0.2, 0.25) is 0 Å². The van der Waals surface area contributed by atoms with Crippen LogP contribution in [0, 0.1) is 10.1 Å². The Hall–Kier alpha value is -1.82. The van der Waals surface area contributed by atoms with Crippen molar-refractivity contribution in [3.8, 4) is 5.75 Å². The molecule has 0 aliphatic carbocycles. The highest BCUT2D eigenvalue weighted by molar-refractivity contribution is 5.55. The van der Waals surface area contributed by atoms with Gasteiger partial charge < -0.3 is 14.8 Å². The third-order valence-electron chi connectivity index (χ3n) is 2.15. The van der Waals surface area contributed by atoms with Crippen molar-refractivity contribution < 1.29 is 14.4 Å². The average molecular weight is 240 g/mol. The summed E-state index contributed by atoms with van der Waals surface area (Å²) in [7, 11) is 3.32. The number of methoxy groups -OCH3 is 1. The lowest BCUT2D eigenvalue weighted by molar-refractivity contribution is -0.384. The molecule has 0 saturated heterocycles. The van der Waals surface area contributed by atoms with Crippen molar-refractivity contribution in [3.05, 3.63) is 28.3 Å². The molecule has 0 aliphatic heterocycles. The summed E-state index contributed by atoms with van der Waals surface area (Å²) >= 11 is 0. The summed E-state index contributed by atoms with van der Waals surface area (Å²) in [5, 5.41) is 13.6. The first-order valence-corrected chi connectivity index (χ1v) is 5.26. The van der Waals surface area contributed by atoms with Crippen molar-refractivity contribution in [3.63, 3.8) is 0 Å². The van der Waals surface area contributed by atoms with Gasteiger partial charge in [-0.25, -0.2) is 0 Å². The fraction of sp³-hybridized carbons (Fsp3) is 0.455. The highest BCUT2D eigenvalue weighted by atomic mass is 16.6. The van der Waals surface area contributed by atoms with Crippen LogP contribution in [0.15, 0.2) is 18.2 Å². The number of nitrogens with one attached hydrogen (secondary N) is 1. The Balaban J connectivity index is 2.70. The number of anilines is 1. The topological polar surface area (TPSA) is 73.6 Å². The molecule has 1 aromatic carbocycles. The first-order valence-electron chi connectivity index (χ1n) is 5.26. The van der Waals surface area contributed by atoms with Gasteiger partial charge in [0.15, 0.2) is 0 Å². The average Bonchev–Trinajstić information content (AvgIpc) is 2.34. The molecule has 0 unspecified atom stereocenters. The van der Waals surface area contributed by atoms with Crippen molar-refractivity contribution in [2.24, 2.45) is 0 Å². The summed E-state index contributed by atoms with van der Waals surface area (Å²) in [6.07, 6.45) is 0.744. The number of nitrogens with zero attached hydrogens (tertiary/aromatic N) is 1. The lowest BCUT2D eigenvalue weighted by Gasteiger charge is -2.08. The fourth-order valence-corrected chi connectivity index (χ4v) is 1.31. The Morgan fingerprint density at radius 3 is 2.71 bits per heavy atom. The van der Waals surface area contributed by atoms with Crippen LogP contribution in [0.4, 0.5) is 11.4 Å². The Kier molecular flexibility index (Phi) is 5.22. The van der Waals surface area contributed by atoms with Crippen molar-refractivity contribution in [1.29, 1.82) is 0 Å². The van der Waals surface area contributed by atoms with Gasteiger partial charge in [0.05, 0.1) is 17.6 Å². The normalized spacial score (nSPS) is 10.0. The number of hydrogen-bond donors (Lipinski definition) is 1. The smallest absolute Gasteiger partial charge is 0.275 e. The summed E-state index contributed by atoms with van der Waals surface area (Å²) in [6.45, 7) is 1.08. The summed E-state index contributed by atoms with van der Waals surface area (Å²) in [5.41, 5.74) is 0.666. The fourth-order valence-electron chi connectivity index (χ4n) is 1.31. The summed E-state index contributed by atoms with van der Waals surface area (Å²) in [6, 6.07) is 4.59. The number of hydrogen-bond acceptors (Lipinski definition) is 5. The molecule has 0 amide bonds. The number of benzene rings is 1. The van der Waals surface area contributed by atoms with E-state index in [4.69, 9.17) is 9.47 Å². The zero-order valence-electron chi connectivity index (χ0n) is 9.93. The second-order valence-corrected chi connectivity index (χ2v) is 3.42. The van der Waals surface area contributed by atoms with Gasteiger partial charge in [-0.15, -0.1) is 0 Å². The van der Waals surface area contributed by atoms with E-state index in [1.54, 1.807) is 20.2 Å². The van der Waals surface area contributed by atoms with Crippen LogP contribution in [0.1, 0.15) is 6.42 Å². The van der Waals surface area contributed by atoms with Crippen molar-refractivity contribution in [1.82, 2.24) is 0 Å². The molecule has 17 heavy (non-hydrogen) atoms. The van der Waals surface area contributed by atoms with Gasteiger partial charge in [-0.2, -0.15) is 0 Å². The van der Waals surface area contributed by atoms with E-state index >= 15 is 0 Å². The lowest BCUT2D eigenvalue weighted by Crippen LogP contribution is -2.02. The Labute approximate surface area is 99.7 Å². The minimum atomic E-state index is -0.442. The van der Waals surface area contributed by atoms with Gasteiger partial charge >= 0.3 is 0 Å². The van der Waals surface area contributed by atoms with Crippen LogP contribution < -0.4 is 10.1 Å². The van der Waals surface area contributed by atoms with Crippen LogP contribution in [-0.4, -0.2) is 32.3 Å². The van der Waals surface area contributed by atoms with E-state index in [1.807, 2.05) is 0 Å². The zero-order chi connectivity index (χ0) is 12.7. The molecule has 0 atom stereocenters. The number of nitro groups is 1. The number of ether oxygens (including phenoxy) is 2. The largest absolute Gasteiger partial charge is 0.493 e. The van der Waals surface area contributed by atoms with E-state index in [-0.39, 0.29) is 5.69 Å². The molecule has 0 bridgehead atoms. The summed E-state index contributed by atoms with van der Waals surface area (Å²) < 4.78 is 10.3. The first kappa shape index (κ1) is 13.2. The van der Waals surface area contributed by atoms with Gasteiger partial charge in [0.25, 0.3) is 5.69 Å². The molecule has 0 heterocycles. The molecule has 0 fully saturated rings. The monoisotopic (exact) mass is 240 g/mol. The molecule has 6 heteroatoms. The predicted octanol–water partition coefficient (Wildman–Crippen LogP) is 2.05. The standard InChI is InChI=1S/C11H16N2O4/c1-12-9-6-10(13(14)15)8-11(7-9)17-5-3-4-16-2/h6-8,12H,3-5H2,1-2H3.